The molecule has 0 amide bonds. The minimum atomic E-state index is -0.633. The Balaban J connectivity index is 1.85. The van der Waals surface area contributed by atoms with Gasteiger partial charge in [0.1, 0.15) is 4.75 Å². The Morgan fingerprint density at radius 3 is 2.75 bits per heavy atom. The highest BCUT2D eigenvalue weighted by Crippen LogP contribution is 2.57. The molecule has 0 aromatic heterocycles. The number of ether oxygens (including phenoxy) is 1. The SMILES string of the molecule is COC(=O)[C@]1(SCc2ccccc2)[C@@H]2C=C[C@@H](C2)[C@H]1Cl. The molecule has 20 heavy (non-hydrogen) atoms. The van der Waals surface area contributed by atoms with Gasteiger partial charge in [-0.05, 0) is 17.9 Å². The number of fused-ring (bicyclic) bond motifs is 2. The van der Waals surface area contributed by atoms with E-state index in [9.17, 15) is 4.79 Å². The lowest BCUT2D eigenvalue weighted by atomic mass is 9.92. The fraction of sp³-hybridized carbons (Fsp3) is 0.438. The van der Waals surface area contributed by atoms with E-state index < -0.39 is 4.75 Å². The van der Waals surface area contributed by atoms with Crippen LogP contribution in [-0.2, 0) is 15.3 Å². The second kappa shape index (κ2) is 5.45. The summed E-state index contributed by atoms with van der Waals surface area (Å²) in [5.74, 6) is 1.08. The minimum Gasteiger partial charge on any atom is -0.468 e. The van der Waals surface area contributed by atoms with Crippen LogP contribution in [0.5, 0.6) is 0 Å². The predicted molar refractivity (Wildman–Crippen MR) is 82.9 cm³/mol. The molecular formula is C16H17ClO2S. The van der Waals surface area contributed by atoms with Crippen LogP contribution >= 0.6 is 23.4 Å². The van der Waals surface area contributed by atoms with Crippen molar-refractivity contribution >= 4 is 29.3 Å². The molecule has 0 heterocycles. The van der Waals surface area contributed by atoms with E-state index in [1.807, 2.05) is 18.2 Å². The Bertz CT molecular complexity index is 531. The lowest BCUT2D eigenvalue weighted by Crippen LogP contribution is -2.48. The molecule has 2 nitrogen and oxygen atoms in total. The van der Waals surface area contributed by atoms with Crippen LogP contribution in [-0.4, -0.2) is 23.2 Å². The lowest BCUT2D eigenvalue weighted by molar-refractivity contribution is -0.144. The Hall–Kier alpha value is -0.930. The van der Waals surface area contributed by atoms with E-state index in [2.05, 4.69) is 24.3 Å². The van der Waals surface area contributed by atoms with E-state index in [1.165, 1.54) is 12.7 Å². The average molecular weight is 309 g/mol. The zero-order chi connectivity index (χ0) is 14.2. The Labute approximate surface area is 128 Å². The number of benzene rings is 1. The van der Waals surface area contributed by atoms with E-state index in [0.29, 0.717) is 5.92 Å². The molecule has 1 fully saturated rings. The van der Waals surface area contributed by atoms with Gasteiger partial charge in [-0.15, -0.1) is 23.4 Å². The highest BCUT2D eigenvalue weighted by molar-refractivity contribution is 8.00. The van der Waals surface area contributed by atoms with Crippen LogP contribution < -0.4 is 0 Å². The second-order valence-electron chi connectivity index (χ2n) is 5.35. The van der Waals surface area contributed by atoms with Crippen molar-refractivity contribution in [3.8, 4) is 0 Å². The van der Waals surface area contributed by atoms with Crippen LogP contribution in [0.2, 0.25) is 0 Å². The fourth-order valence-corrected chi connectivity index (χ4v) is 5.38. The molecule has 0 aliphatic heterocycles. The number of alkyl halides is 1. The van der Waals surface area contributed by atoms with Crippen LogP contribution in [0.4, 0.5) is 0 Å². The topological polar surface area (TPSA) is 26.3 Å². The molecule has 0 unspecified atom stereocenters. The van der Waals surface area contributed by atoms with Gasteiger partial charge in [0.25, 0.3) is 0 Å². The maximum absolute atomic E-state index is 12.4. The highest BCUT2D eigenvalue weighted by atomic mass is 35.5. The number of hydrogen-bond acceptors (Lipinski definition) is 3. The summed E-state index contributed by atoms with van der Waals surface area (Å²) in [6.45, 7) is 0. The molecule has 2 bridgehead atoms. The summed E-state index contributed by atoms with van der Waals surface area (Å²) in [5, 5.41) is -0.182. The van der Waals surface area contributed by atoms with Gasteiger partial charge in [-0.1, -0.05) is 42.5 Å². The molecule has 0 radical (unpaired) electrons. The van der Waals surface area contributed by atoms with Crippen molar-refractivity contribution in [3.63, 3.8) is 0 Å². The van der Waals surface area contributed by atoms with Gasteiger partial charge in [0.05, 0.1) is 12.5 Å². The molecule has 0 saturated heterocycles. The zero-order valence-electron chi connectivity index (χ0n) is 11.3. The molecule has 0 N–H and O–H groups in total. The quantitative estimate of drug-likeness (QED) is 0.482. The number of carbonyl (C=O) groups is 1. The van der Waals surface area contributed by atoms with E-state index >= 15 is 0 Å². The monoisotopic (exact) mass is 308 g/mol. The van der Waals surface area contributed by atoms with E-state index in [-0.39, 0.29) is 17.3 Å². The first-order valence-electron chi connectivity index (χ1n) is 6.77. The van der Waals surface area contributed by atoms with Crippen LogP contribution in [0, 0.1) is 11.8 Å². The van der Waals surface area contributed by atoms with Crippen molar-refractivity contribution in [1.82, 2.24) is 0 Å². The van der Waals surface area contributed by atoms with Crippen molar-refractivity contribution < 1.29 is 9.53 Å². The number of thioether (sulfide) groups is 1. The standard InChI is InChI=1S/C16H17ClO2S/c1-19-15(18)16(13-8-7-12(9-13)14(16)17)20-10-11-5-3-2-4-6-11/h2-8,12-14H,9-10H2,1H3/t12-,13+,14+,16-/m0/s1. The van der Waals surface area contributed by atoms with E-state index in [0.717, 1.165) is 12.2 Å². The zero-order valence-corrected chi connectivity index (χ0v) is 12.9. The van der Waals surface area contributed by atoms with Crippen molar-refractivity contribution in [2.24, 2.45) is 11.8 Å². The number of hydrogen-bond donors (Lipinski definition) is 0. The molecule has 1 aromatic rings. The summed E-state index contributed by atoms with van der Waals surface area (Å²) in [4.78, 5) is 12.4. The first-order chi connectivity index (χ1) is 9.68. The average Bonchev–Trinajstić information content (AvgIpc) is 3.07. The molecule has 1 saturated carbocycles. The number of carbonyl (C=O) groups excluding carboxylic acids is 1. The van der Waals surface area contributed by atoms with Gasteiger partial charge in [0.15, 0.2) is 0 Å². The van der Waals surface area contributed by atoms with Crippen molar-refractivity contribution in [1.29, 1.82) is 0 Å². The summed E-state index contributed by atoms with van der Waals surface area (Å²) < 4.78 is 4.44. The van der Waals surface area contributed by atoms with Gasteiger partial charge >= 0.3 is 5.97 Å². The summed E-state index contributed by atoms with van der Waals surface area (Å²) in [5.41, 5.74) is 1.20. The maximum Gasteiger partial charge on any atom is 0.324 e. The number of allylic oxidation sites excluding steroid dienone is 2. The van der Waals surface area contributed by atoms with Gasteiger partial charge in [0, 0.05) is 11.7 Å². The van der Waals surface area contributed by atoms with Crippen LogP contribution in [0.1, 0.15) is 12.0 Å². The number of halogens is 1. The summed E-state index contributed by atoms with van der Waals surface area (Å²) in [7, 11) is 1.45. The van der Waals surface area contributed by atoms with Crippen molar-refractivity contribution in [2.75, 3.05) is 7.11 Å². The van der Waals surface area contributed by atoms with Gasteiger partial charge in [0.2, 0.25) is 0 Å². The third-order valence-electron chi connectivity index (χ3n) is 4.28. The fourth-order valence-electron chi connectivity index (χ4n) is 3.23. The second-order valence-corrected chi connectivity index (χ2v) is 7.07. The molecule has 106 valence electrons. The largest absolute Gasteiger partial charge is 0.468 e. The molecule has 1 aromatic carbocycles. The third-order valence-corrected chi connectivity index (χ3v) is 6.75. The van der Waals surface area contributed by atoms with Crippen molar-refractivity contribution in [2.45, 2.75) is 22.3 Å². The first kappa shape index (κ1) is 14.0. The van der Waals surface area contributed by atoms with Crippen LogP contribution in [0.3, 0.4) is 0 Å². The summed E-state index contributed by atoms with van der Waals surface area (Å²) in [6, 6.07) is 10.2. The van der Waals surface area contributed by atoms with Crippen LogP contribution in [0.25, 0.3) is 0 Å². The first-order valence-corrected chi connectivity index (χ1v) is 8.19. The van der Waals surface area contributed by atoms with Gasteiger partial charge in [-0.2, -0.15) is 0 Å². The Kier molecular flexibility index (Phi) is 3.83. The minimum absolute atomic E-state index is 0.182. The van der Waals surface area contributed by atoms with Crippen molar-refractivity contribution in [3.05, 3.63) is 48.0 Å². The maximum atomic E-state index is 12.4. The Morgan fingerprint density at radius 2 is 2.15 bits per heavy atom. The van der Waals surface area contributed by atoms with E-state index in [4.69, 9.17) is 16.3 Å². The summed E-state index contributed by atoms with van der Waals surface area (Å²) in [6.07, 6.45) is 5.25. The number of rotatable bonds is 4. The molecule has 4 atom stereocenters. The smallest absolute Gasteiger partial charge is 0.324 e. The molecule has 2 aliphatic carbocycles. The molecule has 2 aliphatic rings. The lowest BCUT2D eigenvalue weighted by Gasteiger charge is -2.35. The predicted octanol–water partition coefficient (Wildman–Crippen LogP) is 3.64. The van der Waals surface area contributed by atoms with Gasteiger partial charge < -0.3 is 4.74 Å². The molecule has 3 rings (SSSR count). The van der Waals surface area contributed by atoms with Gasteiger partial charge in [-0.3, -0.25) is 4.79 Å². The molecule has 4 heteroatoms. The Morgan fingerprint density at radius 1 is 1.40 bits per heavy atom. The molecular weight excluding hydrogens is 292 g/mol. The number of esters is 1. The molecule has 0 spiro atoms. The normalized spacial score (nSPS) is 34.4. The summed E-state index contributed by atoms with van der Waals surface area (Å²) >= 11 is 8.23. The van der Waals surface area contributed by atoms with Gasteiger partial charge in [-0.25, -0.2) is 0 Å². The van der Waals surface area contributed by atoms with E-state index in [1.54, 1.807) is 11.8 Å². The number of methoxy groups -OCH3 is 1. The third kappa shape index (κ3) is 2.08. The van der Waals surface area contributed by atoms with Crippen LogP contribution in [0.15, 0.2) is 42.5 Å². The highest BCUT2D eigenvalue weighted by Gasteiger charge is 2.61.